The lowest BCUT2D eigenvalue weighted by atomic mass is 9.67. The minimum Gasteiger partial charge on any atom is -0.315 e. The lowest BCUT2D eigenvalue weighted by Gasteiger charge is -2.42. The van der Waals surface area contributed by atoms with Crippen LogP contribution in [0, 0.1) is 5.41 Å². The molecule has 1 fully saturated rings. The zero-order valence-electron chi connectivity index (χ0n) is 12.0. The molecule has 0 saturated heterocycles. The van der Waals surface area contributed by atoms with Gasteiger partial charge in [-0.2, -0.15) is 0 Å². The Morgan fingerprint density at radius 3 is 2.74 bits per heavy atom. The van der Waals surface area contributed by atoms with Gasteiger partial charge in [0.25, 0.3) is 0 Å². The number of hydrogen-bond donors (Lipinski definition) is 2. The summed E-state index contributed by atoms with van der Waals surface area (Å²) in [4.78, 5) is 0. The highest BCUT2D eigenvalue weighted by molar-refractivity contribution is 5.29. The first kappa shape index (κ1) is 13.1. The third-order valence-corrected chi connectivity index (χ3v) is 5.22. The zero-order valence-corrected chi connectivity index (χ0v) is 12.0. The van der Waals surface area contributed by atoms with Gasteiger partial charge in [0.1, 0.15) is 0 Å². The van der Waals surface area contributed by atoms with Gasteiger partial charge in [0.2, 0.25) is 0 Å². The van der Waals surface area contributed by atoms with Crippen molar-refractivity contribution in [2.75, 3.05) is 13.1 Å². The molecule has 1 saturated carbocycles. The van der Waals surface area contributed by atoms with E-state index in [0.29, 0.717) is 11.5 Å². The van der Waals surface area contributed by atoms with Crippen molar-refractivity contribution < 1.29 is 0 Å². The molecule has 2 N–H and O–H groups in total. The molecule has 1 aromatic rings. The molecule has 0 spiro atoms. The van der Waals surface area contributed by atoms with Crippen molar-refractivity contribution in [1.82, 2.24) is 10.6 Å². The van der Waals surface area contributed by atoms with E-state index in [0.717, 1.165) is 13.1 Å². The van der Waals surface area contributed by atoms with Gasteiger partial charge in [-0.15, -0.1) is 0 Å². The van der Waals surface area contributed by atoms with Crippen molar-refractivity contribution in [2.24, 2.45) is 5.41 Å². The fraction of sp³-hybridized carbons (Fsp3) is 0.647. The molecule has 0 bridgehead atoms. The Labute approximate surface area is 117 Å². The van der Waals surface area contributed by atoms with E-state index in [4.69, 9.17) is 0 Å². The maximum Gasteiger partial charge on any atom is 0.0236 e. The highest BCUT2D eigenvalue weighted by atomic mass is 15.0. The van der Waals surface area contributed by atoms with Crippen LogP contribution in [0.2, 0.25) is 0 Å². The van der Waals surface area contributed by atoms with Crippen LogP contribution in [0.25, 0.3) is 0 Å². The van der Waals surface area contributed by atoms with Gasteiger partial charge < -0.3 is 10.6 Å². The summed E-state index contributed by atoms with van der Waals surface area (Å²) in [5, 5.41) is 7.37. The predicted molar refractivity (Wildman–Crippen MR) is 80.2 cm³/mol. The molecule has 104 valence electrons. The van der Waals surface area contributed by atoms with Crippen LogP contribution in [-0.4, -0.2) is 19.1 Å². The summed E-state index contributed by atoms with van der Waals surface area (Å²) >= 11 is 0. The SMILES string of the molecule is CCC1(CNCC2Cc3ccccc3CN2)CCC1. The standard InChI is InChI=1S/C17H26N2/c1-2-17(8-5-9-17)13-18-12-16-10-14-6-3-4-7-15(14)11-19-16/h3-4,6-7,16,18-19H,2,5,8-13H2,1H3. The van der Waals surface area contributed by atoms with Gasteiger partial charge in [0.05, 0.1) is 0 Å². The minimum atomic E-state index is 0.601. The number of rotatable bonds is 5. The van der Waals surface area contributed by atoms with Gasteiger partial charge in [-0.25, -0.2) is 0 Å². The summed E-state index contributed by atoms with van der Waals surface area (Å²) in [6.45, 7) is 5.69. The van der Waals surface area contributed by atoms with Crippen molar-refractivity contribution in [1.29, 1.82) is 0 Å². The monoisotopic (exact) mass is 258 g/mol. The van der Waals surface area contributed by atoms with E-state index >= 15 is 0 Å². The van der Waals surface area contributed by atoms with Gasteiger partial charge in [-0.3, -0.25) is 0 Å². The molecule has 2 heteroatoms. The molecule has 2 nitrogen and oxygen atoms in total. The van der Waals surface area contributed by atoms with E-state index in [1.165, 1.54) is 49.8 Å². The third kappa shape index (κ3) is 2.85. The third-order valence-electron chi connectivity index (χ3n) is 5.22. The molecule has 1 aliphatic carbocycles. The maximum atomic E-state index is 3.72. The number of hydrogen-bond acceptors (Lipinski definition) is 2. The van der Waals surface area contributed by atoms with Gasteiger partial charge in [0, 0.05) is 25.7 Å². The first-order valence-corrected chi connectivity index (χ1v) is 7.82. The van der Waals surface area contributed by atoms with Crippen LogP contribution in [0.3, 0.4) is 0 Å². The Morgan fingerprint density at radius 1 is 1.26 bits per heavy atom. The smallest absolute Gasteiger partial charge is 0.0236 e. The molecule has 1 atom stereocenters. The number of benzene rings is 1. The van der Waals surface area contributed by atoms with Gasteiger partial charge in [-0.05, 0) is 42.2 Å². The number of fused-ring (bicyclic) bond motifs is 1. The quantitative estimate of drug-likeness (QED) is 0.848. The first-order chi connectivity index (χ1) is 9.31. The topological polar surface area (TPSA) is 24.1 Å². The van der Waals surface area contributed by atoms with E-state index in [1.54, 1.807) is 0 Å². The molecule has 3 rings (SSSR count). The Bertz CT molecular complexity index is 418. The molecule has 1 heterocycles. The summed E-state index contributed by atoms with van der Waals surface area (Å²) in [6, 6.07) is 9.43. The van der Waals surface area contributed by atoms with Crippen LogP contribution in [0.1, 0.15) is 43.7 Å². The largest absolute Gasteiger partial charge is 0.315 e. The Balaban J connectivity index is 1.47. The van der Waals surface area contributed by atoms with E-state index in [-0.39, 0.29) is 0 Å². The molecule has 0 aromatic heterocycles. The second kappa shape index (κ2) is 5.64. The van der Waals surface area contributed by atoms with Gasteiger partial charge in [-0.1, -0.05) is 37.6 Å². The first-order valence-electron chi connectivity index (χ1n) is 7.82. The normalized spacial score (nSPS) is 24.6. The van der Waals surface area contributed by atoms with Crippen LogP contribution < -0.4 is 10.6 Å². The fourth-order valence-electron chi connectivity index (χ4n) is 3.51. The summed E-state index contributed by atoms with van der Waals surface area (Å²) in [5.74, 6) is 0. The Kier molecular flexibility index (Phi) is 3.90. The summed E-state index contributed by atoms with van der Waals surface area (Å²) in [5.41, 5.74) is 3.64. The van der Waals surface area contributed by atoms with Crippen LogP contribution >= 0.6 is 0 Å². The second-order valence-electron chi connectivity index (χ2n) is 6.39. The highest BCUT2D eigenvalue weighted by Gasteiger charge is 2.34. The lowest BCUT2D eigenvalue weighted by molar-refractivity contribution is 0.123. The van der Waals surface area contributed by atoms with E-state index in [1.807, 2.05) is 0 Å². The van der Waals surface area contributed by atoms with Crippen molar-refractivity contribution in [3.05, 3.63) is 35.4 Å². The van der Waals surface area contributed by atoms with Crippen molar-refractivity contribution >= 4 is 0 Å². The molecular formula is C17H26N2. The second-order valence-corrected chi connectivity index (χ2v) is 6.39. The van der Waals surface area contributed by atoms with Crippen LogP contribution in [0.4, 0.5) is 0 Å². The average molecular weight is 258 g/mol. The summed E-state index contributed by atoms with van der Waals surface area (Å²) in [7, 11) is 0. The van der Waals surface area contributed by atoms with Crippen molar-refractivity contribution in [3.63, 3.8) is 0 Å². The lowest BCUT2D eigenvalue weighted by Crippen LogP contribution is -2.47. The van der Waals surface area contributed by atoms with E-state index in [2.05, 4.69) is 41.8 Å². The van der Waals surface area contributed by atoms with Crippen molar-refractivity contribution in [2.45, 2.75) is 51.6 Å². The molecule has 1 aromatic carbocycles. The van der Waals surface area contributed by atoms with E-state index < -0.39 is 0 Å². The highest BCUT2D eigenvalue weighted by Crippen LogP contribution is 2.42. The average Bonchev–Trinajstić information content (AvgIpc) is 2.42. The maximum absolute atomic E-state index is 3.72. The minimum absolute atomic E-state index is 0.601. The number of nitrogens with one attached hydrogen (secondary N) is 2. The van der Waals surface area contributed by atoms with Crippen LogP contribution in [0.5, 0.6) is 0 Å². The van der Waals surface area contributed by atoms with Crippen LogP contribution in [-0.2, 0) is 13.0 Å². The molecule has 1 unspecified atom stereocenters. The Hall–Kier alpha value is -0.860. The predicted octanol–water partition coefficient (Wildman–Crippen LogP) is 2.87. The molecule has 0 amide bonds. The molecular weight excluding hydrogens is 232 g/mol. The summed E-state index contributed by atoms with van der Waals surface area (Å²) < 4.78 is 0. The summed E-state index contributed by atoms with van der Waals surface area (Å²) in [6.07, 6.45) is 6.79. The van der Waals surface area contributed by atoms with Gasteiger partial charge >= 0.3 is 0 Å². The van der Waals surface area contributed by atoms with Gasteiger partial charge in [0.15, 0.2) is 0 Å². The van der Waals surface area contributed by atoms with Crippen molar-refractivity contribution in [3.8, 4) is 0 Å². The molecule has 2 aliphatic rings. The molecule has 19 heavy (non-hydrogen) atoms. The van der Waals surface area contributed by atoms with E-state index in [9.17, 15) is 0 Å². The molecule has 0 radical (unpaired) electrons. The van der Waals surface area contributed by atoms with Crippen LogP contribution in [0.15, 0.2) is 24.3 Å². The fourth-order valence-corrected chi connectivity index (χ4v) is 3.51. The Morgan fingerprint density at radius 2 is 2.05 bits per heavy atom. The zero-order chi connectivity index (χ0) is 13.1. The molecule has 1 aliphatic heterocycles.